The minimum absolute atomic E-state index is 0.0808. The Kier molecular flexibility index (Phi) is 4.01. The molecule has 0 saturated carbocycles. The molecule has 1 heterocycles. The molecule has 0 aromatic carbocycles. The standard InChI is InChI=1S/C8H15ClO3S/c1-2-3-7-6-8(4-5-12-7)13(9,10)11/h7-8H,2-6H2,1H3. The predicted octanol–water partition coefficient (Wildman–Crippen LogP) is 1.90. The molecular formula is C8H15ClO3S. The van der Waals surface area contributed by atoms with Crippen molar-refractivity contribution in [2.24, 2.45) is 0 Å². The van der Waals surface area contributed by atoms with Crippen molar-refractivity contribution in [2.45, 2.75) is 44.0 Å². The number of halogens is 1. The molecular weight excluding hydrogens is 212 g/mol. The minimum atomic E-state index is -3.38. The summed E-state index contributed by atoms with van der Waals surface area (Å²) in [6, 6.07) is 0. The van der Waals surface area contributed by atoms with E-state index in [2.05, 4.69) is 6.92 Å². The minimum Gasteiger partial charge on any atom is -0.378 e. The first kappa shape index (κ1) is 11.3. The van der Waals surface area contributed by atoms with Gasteiger partial charge in [0.05, 0.1) is 11.4 Å². The second-order valence-electron chi connectivity index (χ2n) is 3.40. The molecule has 0 bridgehead atoms. The maximum Gasteiger partial charge on any atom is 0.235 e. The maximum atomic E-state index is 11.0. The molecule has 0 N–H and O–H groups in total. The van der Waals surface area contributed by atoms with Crippen molar-refractivity contribution < 1.29 is 13.2 Å². The summed E-state index contributed by atoms with van der Waals surface area (Å²) >= 11 is 0. The summed E-state index contributed by atoms with van der Waals surface area (Å²) < 4.78 is 27.5. The highest BCUT2D eigenvalue weighted by molar-refractivity contribution is 8.14. The van der Waals surface area contributed by atoms with Gasteiger partial charge in [-0.05, 0) is 19.3 Å². The Hall–Kier alpha value is 0.200. The smallest absolute Gasteiger partial charge is 0.235 e. The molecule has 13 heavy (non-hydrogen) atoms. The molecule has 5 heteroatoms. The zero-order valence-electron chi connectivity index (χ0n) is 7.70. The number of rotatable bonds is 3. The highest BCUT2D eigenvalue weighted by Gasteiger charge is 2.30. The van der Waals surface area contributed by atoms with Gasteiger partial charge in [-0.1, -0.05) is 13.3 Å². The fraction of sp³-hybridized carbons (Fsp3) is 1.00. The van der Waals surface area contributed by atoms with Crippen LogP contribution in [0.2, 0.25) is 0 Å². The summed E-state index contributed by atoms with van der Waals surface area (Å²) in [5.41, 5.74) is 0. The van der Waals surface area contributed by atoms with E-state index in [1.54, 1.807) is 0 Å². The number of hydrogen-bond donors (Lipinski definition) is 0. The predicted molar refractivity (Wildman–Crippen MR) is 52.4 cm³/mol. The second kappa shape index (κ2) is 4.62. The Balaban J connectivity index is 2.52. The molecule has 1 aliphatic rings. The van der Waals surface area contributed by atoms with Gasteiger partial charge >= 0.3 is 0 Å². The van der Waals surface area contributed by atoms with Crippen LogP contribution >= 0.6 is 10.7 Å². The van der Waals surface area contributed by atoms with E-state index in [9.17, 15) is 8.42 Å². The van der Waals surface area contributed by atoms with Crippen LogP contribution in [-0.4, -0.2) is 26.4 Å². The zero-order valence-corrected chi connectivity index (χ0v) is 9.27. The zero-order chi connectivity index (χ0) is 9.90. The average molecular weight is 227 g/mol. The fourth-order valence-electron chi connectivity index (χ4n) is 1.62. The lowest BCUT2D eigenvalue weighted by Gasteiger charge is -2.27. The molecule has 1 rings (SSSR count). The molecule has 0 aromatic heterocycles. The van der Waals surface area contributed by atoms with E-state index in [1.165, 1.54) is 0 Å². The normalized spacial score (nSPS) is 30.3. The van der Waals surface area contributed by atoms with Gasteiger partial charge in [0, 0.05) is 17.3 Å². The van der Waals surface area contributed by atoms with Crippen LogP contribution in [-0.2, 0) is 13.8 Å². The molecule has 0 aliphatic carbocycles. The van der Waals surface area contributed by atoms with Crippen molar-refractivity contribution in [1.82, 2.24) is 0 Å². The first-order valence-corrected chi connectivity index (χ1v) is 6.96. The second-order valence-corrected chi connectivity index (χ2v) is 6.31. The van der Waals surface area contributed by atoms with Crippen LogP contribution in [0.15, 0.2) is 0 Å². The van der Waals surface area contributed by atoms with Crippen molar-refractivity contribution >= 4 is 19.7 Å². The van der Waals surface area contributed by atoms with Crippen LogP contribution in [0, 0.1) is 0 Å². The van der Waals surface area contributed by atoms with Crippen LogP contribution in [0.4, 0.5) is 0 Å². The lowest BCUT2D eigenvalue weighted by molar-refractivity contribution is 0.0127. The summed E-state index contributed by atoms with van der Waals surface area (Å²) in [7, 11) is 1.91. The van der Waals surface area contributed by atoms with E-state index >= 15 is 0 Å². The summed E-state index contributed by atoms with van der Waals surface area (Å²) in [5, 5.41) is -0.403. The number of hydrogen-bond acceptors (Lipinski definition) is 3. The Morgan fingerprint density at radius 2 is 2.23 bits per heavy atom. The summed E-state index contributed by atoms with van der Waals surface area (Å²) in [6.07, 6.45) is 3.10. The molecule has 0 aromatic rings. The molecule has 78 valence electrons. The first-order chi connectivity index (χ1) is 6.04. The Morgan fingerprint density at radius 1 is 1.54 bits per heavy atom. The molecule has 3 nitrogen and oxygen atoms in total. The molecule has 1 saturated heterocycles. The van der Waals surface area contributed by atoms with Crippen LogP contribution in [0.5, 0.6) is 0 Å². The van der Waals surface area contributed by atoms with Gasteiger partial charge in [0.2, 0.25) is 9.05 Å². The van der Waals surface area contributed by atoms with Gasteiger partial charge in [0.1, 0.15) is 0 Å². The SMILES string of the molecule is CCCC1CC(S(=O)(=O)Cl)CCO1. The van der Waals surface area contributed by atoms with Crippen LogP contribution in [0.25, 0.3) is 0 Å². The van der Waals surface area contributed by atoms with Gasteiger partial charge in [-0.25, -0.2) is 8.42 Å². The first-order valence-electron chi connectivity index (χ1n) is 4.59. The fourth-order valence-corrected chi connectivity index (χ4v) is 2.93. The van der Waals surface area contributed by atoms with Gasteiger partial charge in [-0.2, -0.15) is 0 Å². The average Bonchev–Trinajstić information content (AvgIpc) is 2.04. The van der Waals surface area contributed by atoms with E-state index in [0.717, 1.165) is 12.8 Å². The van der Waals surface area contributed by atoms with E-state index in [0.29, 0.717) is 19.4 Å². The summed E-state index contributed by atoms with van der Waals surface area (Å²) in [6.45, 7) is 2.57. The van der Waals surface area contributed by atoms with Gasteiger partial charge in [0.25, 0.3) is 0 Å². The lowest BCUT2D eigenvalue weighted by atomic mass is 10.0. The van der Waals surface area contributed by atoms with Crippen LogP contribution in [0.1, 0.15) is 32.6 Å². The van der Waals surface area contributed by atoms with Gasteiger partial charge < -0.3 is 4.74 Å². The Bertz CT molecular complexity index is 248. The molecule has 1 fully saturated rings. The van der Waals surface area contributed by atoms with Crippen LogP contribution < -0.4 is 0 Å². The highest BCUT2D eigenvalue weighted by atomic mass is 35.7. The summed E-state index contributed by atoms with van der Waals surface area (Å²) in [5.74, 6) is 0. The van der Waals surface area contributed by atoms with Crippen molar-refractivity contribution in [3.63, 3.8) is 0 Å². The maximum absolute atomic E-state index is 11.0. The van der Waals surface area contributed by atoms with Crippen molar-refractivity contribution in [2.75, 3.05) is 6.61 Å². The molecule has 1 aliphatic heterocycles. The Morgan fingerprint density at radius 3 is 2.77 bits per heavy atom. The third-order valence-electron chi connectivity index (χ3n) is 2.33. The molecule has 0 amide bonds. The molecule has 2 unspecified atom stereocenters. The largest absolute Gasteiger partial charge is 0.378 e. The van der Waals surface area contributed by atoms with Gasteiger partial charge in [-0.3, -0.25) is 0 Å². The Labute approximate surface area is 83.8 Å². The third-order valence-corrected chi connectivity index (χ3v) is 4.31. The lowest BCUT2D eigenvalue weighted by Crippen LogP contribution is -2.32. The highest BCUT2D eigenvalue weighted by Crippen LogP contribution is 2.25. The van der Waals surface area contributed by atoms with E-state index in [4.69, 9.17) is 15.4 Å². The third kappa shape index (κ3) is 3.44. The van der Waals surface area contributed by atoms with E-state index < -0.39 is 14.3 Å². The van der Waals surface area contributed by atoms with Crippen molar-refractivity contribution in [1.29, 1.82) is 0 Å². The van der Waals surface area contributed by atoms with Gasteiger partial charge in [0.15, 0.2) is 0 Å². The molecule has 0 spiro atoms. The summed E-state index contributed by atoms with van der Waals surface area (Å²) in [4.78, 5) is 0. The van der Waals surface area contributed by atoms with E-state index in [1.807, 2.05) is 0 Å². The molecule has 2 atom stereocenters. The van der Waals surface area contributed by atoms with Crippen molar-refractivity contribution in [3.05, 3.63) is 0 Å². The van der Waals surface area contributed by atoms with E-state index in [-0.39, 0.29) is 6.10 Å². The molecule has 0 radical (unpaired) electrons. The quantitative estimate of drug-likeness (QED) is 0.691. The monoisotopic (exact) mass is 226 g/mol. The number of ether oxygens (including phenoxy) is 1. The topological polar surface area (TPSA) is 43.4 Å². The van der Waals surface area contributed by atoms with Crippen LogP contribution in [0.3, 0.4) is 0 Å². The van der Waals surface area contributed by atoms with Gasteiger partial charge in [-0.15, -0.1) is 0 Å². The van der Waals surface area contributed by atoms with Crippen molar-refractivity contribution in [3.8, 4) is 0 Å².